The van der Waals surface area contributed by atoms with Gasteiger partial charge in [-0.15, -0.1) is 0 Å². The molecule has 0 fully saturated rings. The fourth-order valence-corrected chi connectivity index (χ4v) is 2.10. The quantitative estimate of drug-likeness (QED) is 0.613. The van der Waals surface area contributed by atoms with Crippen molar-refractivity contribution in [3.63, 3.8) is 0 Å². The Hall–Kier alpha value is -2.46. The summed E-state index contributed by atoms with van der Waals surface area (Å²) in [5.74, 6) is -1.78. The van der Waals surface area contributed by atoms with Crippen LogP contribution in [-0.4, -0.2) is 41.4 Å². The van der Waals surface area contributed by atoms with Gasteiger partial charge < -0.3 is 9.26 Å². The number of carbonyl (C=O) groups excluding carboxylic acids is 1. The minimum Gasteiger partial charge on any atom is -0.384 e. The lowest BCUT2D eigenvalue weighted by Crippen LogP contribution is -2.31. The molecule has 0 atom stereocenters. The topological polar surface area (TPSA) is 77.7 Å². The SMILES string of the molecule is CCCON(Cc1ccc(-c2noc(C(F)(F)F)n2)cc1)C(=O)CCOC. The number of hydrogen-bond donors (Lipinski definition) is 0. The summed E-state index contributed by atoms with van der Waals surface area (Å²) in [6, 6.07) is 6.42. The van der Waals surface area contributed by atoms with Crippen molar-refractivity contribution in [2.24, 2.45) is 0 Å². The van der Waals surface area contributed by atoms with Gasteiger partial charge in [0.1, 0.15) is 0 Å². The summed E-state index contributed by atoms with van der Waals surface area (Å²) in [7, 11) is 1.51. The zero-order chi connectivity index (χ0) is 19.9. The van der Waals surface area contributed by atoms with E-state index in [1.165, 1.54) is 12.2 Å². The molecule has 0 aliphatic carbocycles. The van der Waals surface area contributed by atoms with Gasteiger partial charge in [0.25, 0.3) is 0 Å². The first-order chi connectivity index (χ1) is 12.8. The van der Waals surface area contributed by atoms with E-state index in [1.54, 1.807) is 24.3 Å². The van der Waals surface area contributed by atoms with E-state index in [2.05, 4.69) is 14.7 Å². The first-order valence-electron chi connectivity index (χ1n) is 8.27. The Morgan fingerprint density at radius 1 is 1.22 bits per heavy atom. The molecule has 2 aromatic rings. The van der Waals surface area contributed by atoms with Crippen LogP contribution >= 0.6 is 0 Å². The first kappa shape index (κ1) is 20.8. The standard InChI is InChI=1S/C17H20F3N3O4/c1-3-9-26-23(14(24)8-10-25-2)11-12-4-6-13(7-5-12)15-21-16(27-22-15)17(18,19)20/h4-7H,3,8-11H2,1-2H3. The summed E-state index contributed by atoms with van der Waals surface area (Å²) < 4.78 is 46.7. The average Bonchev–Trinajstić information content (AvgIpc) is 3.14. The summed E-state index contributed by atoms with van der Waals surface area (Å²) in [6.07, 6.45) is -3.77. The molecule has 148 valence electrons. The van der Waals surface area contributed by atoms with Gasteiger partial charge in [-0.05, 0) is 12.0 Å². The number of nitrogens with zero attached hydrogens (tertiary/aromatic N) is 3. The van der Waals surface area contributed by atoms with Gasteiger partial charge >= 0.3 is 12.1 Å². The number of amides is 1. The first-order valence-corrected chi connectivity index (χ1v) is 8.27. The van der Waals surface area contributed by atoms with Crippen molar-refractivity contribution < 1.29 is 32.1 Å². The Balaban J connectivity index is 2.08. The predicted molar refractivity (Wildman–Crippen MR) is 88.0 cm³/mol. The molecular formula is C17H20F3N3O4. The van der Waals surface area contributed by atoms with Crippen molar-refractivity contribution in [1.82, 2.24) is 15.2 Å². The number of halogens is 3. The van der Waals surface area contributed by atoms with E-state index in [4.69, 9.17) is 9.57 Å². The van der Waals surface area contributed by atoms with Crippen molar-refractivity contribution in [3.8, 4) is 11.4 Å². The highest BCUT2D eigenvalue weighted by Crippen LogP contribution is 2.29. The lowest BCUT2D eigenvalue weighted by Gasteiger charge is -2.22. The lowest BCUT2D eigenvalue weighted by molar-refractivity contribution is -0.191. The van der Waals surface area contributed by atoms with E-state index in [0.717, 1.165) is 12.0 Å². The van der Waals surface area contributed by atoms with E-state index < -0.39 is 12.1 Å². The Morgan fingerprint density at radius 2 is 1.93 bits per heavy atom. The van der Waals surface area contributed by atoms with Crippen molar-refractivity contribution in [2.45, 2.75) is 32.5 Å². The van der Waals surface area contributed by atoms with Crippen LogP contribution in [-0.2, 0) is 27.1 Å². The maximum Gasteiger partial charge on any atom is 0.471 e. The van der Waals surface area contributed by atoms with E-state index in [9.17, 15) is 18.0 Å². The number of ether oxygens (including phenoxy) is 1. The Bertz CT molecular complexity index is 732. The van der Waals surface area contributed by atoms with Gasteiger partial charge in [0.15, 0.2) is 0 Å². The summed E-state index contributed by atoms with van der Waals surface area (Å²) in [5.41, 5.74) is 1.10. The lowest BCUT2D eigenvalue weighted by atomic mass is 10.1. The normalized spacial score (nSPS) is 11.6. The largest absolute Gasteiger partial charge is 0.471 e. The number of benzene rings is 1. The maximum absolute atomic E-state index is 12.5. The number of aromatic nitrogens is 2. The Morgan fingerprint density at radius 3 is 2.48 bits per heavy atom. The fraction of sp³-hybridized carbons (Fsp3) is 0.471. The van der Waals surface area contributed by atoms with Crippen LogP contribution in [0.4, 0.5) is 13.2 Å². The van der Waals surface area contributed by atoms with E-state index in [1.807, 2.05) is 6.92 Å². The highest BCUT2D eigenvalue weighted by atomic mass is 19.4. The summed E-state index contributed by atoms with van der Waals surface area (Å²) in [4.78, 5) is 21.0. The maximum atomic E-state index is 12.5. The molecule has 0 bridgehead atoms. The minimum atomic E-state index is -4.69. The fourth-order valence-electron chi connectivity index (χ4n) is 2.10. The molecule has 1 aromatic carbocycles. The van der Waals surface area contributed by atoms with E-state index >= 15 is 0 Å². The molecule has 0 aliphatic rings. The molecular weight excluding hydrogens is 367 g/mol. The zero-order valence-electron chi connectivity index (χ0n) is 15.0. The van der Waals surface area contributed by atoms with Crippen LogP contribution in [0.3, 0.4) is 0 Å². The van der Waals surface area contributed by atoms with Crippen LogP contribution in [0.1, 0.15) is 31.2 Å². The number of rotatable bonds is 9. The smallest absolute Gasteiger partial charge is 0.384 e. The molecule has 0 unspecified atom stereocenters. The number of carbonyl (C=O) groups is 1. The van der Waals surface area contributed by atoms with Crippen LogP contribution in [0.2, 0.25) is 0 Å². The number of alkyl halides is 3. The summed E-state index contributed by atoms with van der Waals surface area (Å²) in [6.45, 7) is 2.79. The molecule has 0 N–H and O–H groups in total. The van der Waals surface area contributed by atoms with E-state index in [0.29, 0.717) is 12.2 Å². The molecule has 10 heteroatoms. The average molecular weight is 387 g/mol. The molecule has 0 saturated carbocycles. The van der Waals surface area contributed by atoms with Gasteiger partial charge in [0, 0.05) is 12.7 Å². The minimum absolute atomic E-state index is 0.163. The van der Waals surface area contributed by atoms with Gasteiger partial charge in [0.2, 0.25) is 11.7 Å². The second-order valence-electron chi connectivity index (χ2n) is 5.62. The molecule has 7 nitrogen and oxygen atoms in total. The molecule has 1 heterocycles. The summed E-state index contributed by atoms with van der Waals surface area (Å²) >= 11 is 0. The van der Waals surface area contributed by atoms with Gasteiger partial charge in [-0.3, -0.25) is 9.63 Å². The van der Waals surface area contributed by atoms with Gasteiger partial charge in [-0.1, -0.05) is 36.3 Å². The monoisotopic (exact) mass is 387 g/mol. The molecule has 2 rings (SSSR count). The van der Waals surface area contributed by atoms with E-state index in [-0.39, 0.29) is 31.3 Å². The van der Waals surface area contributed by atoms with Crippen molar-refractivity contribution in [3.05, 3.63) is 35.7 Å². The van der Waals surface area contributed by atoms with Crippen LogP contribution in [0, 0.1) is 0 Å². The van der Waals surface area contributed by atoms with Crippen LogP contribution in [0.15, 0.2) is 28.8 Å². The van der Waals surface area contributed by atoms with Gasteiger partial charge in [-0.2, -0.15) is 18.2 Å². The molecule has 0 aliphatic heterocycles. The second-order valence-corrected chi connectivity index (χ2v) is 5.62. The van der Waals surface area contributed by atoms with Crippen molar-refractivity contribution >= 4 is 5.91 Å². The number of hydrogen-bond acceptors (Lipinski definition) is 6. The third kappa shape index (κ3) is 6.04. The third-order valence-electron chi connectivity index (χ3n) is 3.46. The van der Waals surface area contributed by atoms with Crippen molar-refractivity contribution in [1.29, 1.82) is 0 Å². The molecule has 0 radical (unpaired) electrons. The second kappa shape index (κ2) is 9.47. The highest BCUT2D eigenvalue weighted by Gasteiger charge is 2.38. The number of methoxy groups -OCH3 is 1. The molecule has 0 saturated heterocycles. The van der Waals surface area contributed by atoms with Crippen molar-refractivity contribution in [2.75, 3.05) is 20.3 Å². The van der Waals surface area contributed by atoms with Crippen LogP contribution in [0.5, 0.6) is 0 Å². The Kier molecular flexibility index (Phi) is 7.31. The molecule has 27 heavy (non-hydrogen) atoms. The predicted octanol–water partition coefficient (Wildman–Crippen LogP) is 3.46. The Labute approximate surface area is 154 Å². The van der Waals surface area contributed by atoms with Gasteiger partial charge in [0.05, 0.1) is 26.2 Å². The third-order valence-corrected chi connectivity index (χ3v) is 3.46. The van der Waals surface area contributed by atoms with Crippen LogP contribution < -0.4 is 0 Å². The number of hydroxylamine groups is 2. The molecule has 0 spiro atoms. The van der Waals surface area contributed by atoms with Crippen LogP contribution in [0.25, 0.3) is 11.4 Å². The zero-order valence-corrected chi connectivity index (χ0v) is 15.0. The summed E-state index contributed by atoms with van der Waals surface area (Å²) in [5, 5.41) is 4.59. The molecule has 1 aromatic heterocycles. The highest BCUT2D eigenvalue weighted by molar-refractivity contribution is 5.75. The molecule has 1 amide bonds. The van der Waals surface area contributed by atoms with Gasteiger partial charge in [-0.25, -0.2) is 5.06 Å².